The topological polar surface area (TPSA) is 15.3 Å². The Hall–Kier alpha value is -2.92. The second-order valence-electron chi connectivity index (χ2n) is 11.9. The molecule has 4 aromatic rings. The van der Waals surface area contributed by atoms with Gasteiger partial charge < -0.3 is 4.72 Å². The number of nitrogens with zero attached hydrogens (tertiary/aromatic N) is 1. The minimum atomic E-state index is -0.0597. The van der Waals surface area contributed by atoms with Crippen molar-refractivity contribution in [2.75, 3.05) is 13.1 Å². The number of rotatable bonds is 10. The summed E-state index contributed by atoms with van der Waals surface area (Å²) in [6.45, 7) is 15.5. The van der Waals surface area contributed by atoms with Gasteiger partial charge in [0, 0.05) is 34.0 Å². The second-order valence-corrected chi connectivity index (χ2v) is 14.0. The Kier molecular flexibility index (Phi) is 9.64. The maximum Gasteiger partial charge on any atom is 0.0284 e. The van der Waals surface area contributed by atoms with Crippen LogP contribution in [0.5, 0.6) is 0 Å². The number of benzene rings is 4. The molecule has 2 nitrogen and oxygen atoms in total. The molecule has 1 saturated heterocycles. The largest absolute Gasteiger partial charge is 0.329 e. The van der Waals surface area contributed by atoms with Gasteiger partial charge in [0.25, 0.3) is 0 Å². The third-order valence-corrected chi connectivity index (χ3v) is 10.1. The van der Waals surface area contributed by atoms with E-state index in [0.717, 1.165) is 25.2 Å². The fourth-order valence-corrected chi connectivity index (χ4v) is 7.32. The van der Waals surface area contributed by atoms with E-state index >= 15 is 0 Å². The van der Waals surface area contributed by atoms with Crippen LogP contribution in [0.2, 0.25) is 0 Å². The van der Waals surface area contributed by atoms with Crippen LogP contribution in [-0.4, -0.2) is 17.4 Å². The van der Waals surface area contributed by atoms with E-state index in [0.29, 0.717) is 5.92 Å². The molecule has 0 saturated carbocycles. The zero-order chi connectivity index (χ0) is 28.8. The van der Waals surface area contributed by atoms with Crippen LogP contribution in [0.1, 0.15) is 54.9 Å². The number of piperidine rings is 1. The van der Waals surface area contributed by atoms with Crippen LogP contribution < -0.4 is 4.72 Å². The molecular formula is C37H42N2S2. The Labute approximate surface area is 255 Å². The van der Waals surface area contributed by atoms with E-state index in [1.165, 1.54) is 56.0 Å². The van der Waals surface area contributed by atoms with Crippen LogP contribution in [0.15, 0.2) is 119 Å². The normalized spacial score (nSPS) is 16.0. The molecule has 0 amide bonds. The lowest BCUT2D eigenvalue weighted by Crippen LogP contribution is -2.29. The Morgan fingerprint density at radius 3 is 2.41 bits per heavy atom. The van der Waals surface area contributed by atoms with Crippen molar-refractivity contribution in [1.29, 1.82) is 0 Å². The Balaban J connectivity index is 1.21. The van der Waals surface area contributed by atoms with Gasteiger partial charge in [0.15, 0.2) is 0 Å². The van der Waals surface area contributed by atoms with Gasteiger partial charge >= 0.3 is 0 Å². The first-order valence-corrected chi connectivity index (χ1v) is 16.2. The summed E-state index contributed by atoms with van der Waals surface area (Å²) in [7, 11) is 0. The van der Waals surface area contributed by atoms with Gasteiger partial charge in [0.05, 0.1) is 0 Å². The predicted molar refractivity (Wildman–Crippen MR) is 179 cm³/mol. The summed E-state index contributed by atoms with van der Waals surface area (Å²) in [5, 5.41) is 0. The first-order valence-electron chi connectivity index (χ1n) is 14.6. The zero-order valence-electron chi connectivity index (χ0n) is 24.8. The fourth-order valence-electron chi connectivity index (χ4n) is 5.42. The highest BCUT2D eigenvalue weighted by atomic mass is 32.2. The van der Waals surface area contributed by atoms with Crippen molar-refractivity contribution in [3.63, 3.8) is 0 Å². The van der Waals surface area contributed by atoms with Crippen molar-refractivity contribution in [1.82, 2.24) is 9.03 Å². The highest BCUT2D eigenvalue weighted by Crippen LogP contribution is 2.36. The maximum atomic E-state index is 4.39. The van der Waals surface area contributed by atoms with Crippen molar-refractivity contribution in [2.45, 2.75) is 62.7 Å². The average molecular weight is 579 g/mol. The van der Waals surface area contributed by atoms with Crippen LogP contribution >= 0.6 is 23.9 Å². The Bertz CT molecular complexity index is 1480. The lowest BCUT2D eigenvalue weighted by atomic mass is 9.82. The summed E-state index contributed by atoms with van der Waals surface area (Å²) >= 11 is 3.55. The average Bonchev–Trinajstić information content (AvgIpc) is 2.98. The van der Waals surface area contributed by atoms with Gasteiger partial charge in [-0.1, -0.05) is 93.2 Å². The number of hydrogen-bond acceptors (Lipinski definition) is 4. The second kappa shape index (κ2) is 13.4. The van der Waals surface area contributed by atoms with Crippen LogP contribution in [0.25, 0.3) is 11.1 Å². The van der Waals surface area contributed by atoms with Crippen molar-refractivity contribution < 1.29 is 0 Å². The van der Waals surface area contributed by atoms with Crippen molar-refractivity contribution >= 4 is 23.9 Å². The molecule has 212 valence electrons. The molecular weight excluding hydrogens is 537 g/mol. The zero-order valence-corrected chi connectivity index (χ0v) is 26.5. The van der Waals surface area contributed by atoms with E-state index in [1.54, 1.807) is 11.9 Å². The highest BCUT2D eigenvalue weighted by molar-refractivity contribution is 7.97. The molecule has 41 heavy (non-hydrogen) atoms. The Morgan fingerprint density at radius 1 is 0.854 bits per heavy atom. The molecule has 4 aromatic carbocycles. The molecule has 4 heteroatoms. The van der Waals surface area contributed by atoms with E-state index in [4.69, 9.17) is 0 Å². The van der Waals surface area contributed by atoms with Crippen molar-refractivity contribution in [3.8, 4) is 11.1 Å². The molecule has 1 fully saturated rings. The summed E-state index contributed by atoms with van der Waals surface area (Å²) in [5.74, 6) is 0.553. The first-order chi connectivity index (χ1) is 19.8. The van der Waals surface area contributed by atoms with Crippen LogP contribution in [0.4, 0.5) is 0 Å². The van der Waals surface area contributed by atoms with E-state index in [-0.39, 0.29) is 5.41 Å². The van der Waals surface area contributed by atoms with Gasteiger partial charge in [-0.25, -0.2) is 4.31 Å². The lowest BCUT2D eigenvalue weighted by Gasteiger charge is -2.32. The lowest BCUT2D eigenvalue weighted by molar-refractivity contribution is 0.342. The maximum absolute atomic E-state index is 4.39. The van der Waals surface area contributed by atoms with Gasteiger partial charge in [0.2, 0.25) is 0 Å². The van der Waals surface area contributed by atoms with E-state index in [2.05, 4.69) is 134 Å². The predicted octanol–water partition coefficient (Wildman–Crippen LogP) is 10.2. The minimum Gasteiger partial charge on any atom is -0.329 e. The number of nitrogens with one attached hydrogen (secondary N) is 1. The van der Waals surface area contributed by atoms with Crippen molar-refractivity contribution in [2.24, 2.45) is 5.41 Å². The standard InChI is InChI=1S/C37H42N2S2/c1-27-19-20-33(22-28(27)2)32-14-10-18-36(24-32)41-39-21-11-15-34(26-39)31-13-9-12-30(23-31)25-37(4,5)29(3)38-40-35-16-7-6-8-17-35/h6-10,12-14,16-20,22-24,34,38H,3,11,15,21,25-26H2,1-2,4-5H3. The van der Waals surface area contributed by atoms with Crippen molar-refractivity contribution in [3.05, 3.63) is 132 Å². The number of aryl methyl sites for hydroxylation is 2. The van der Waals surface area contributed by atoms with E-state index in [9.17, 15) is 0 Å². The molecule has 0 aliphatic carbocycles. The van der Waals surface area contributed by atoms with Crippen LogP contribution in [-0.2, 0) is 6.42 Å². The van der Waals surface area contributed by atoms with E-state index < -0.39 is 0 Å². The fraction of sp³-hybridized carbons (Fsp3) is 0.297. The first kappa shape index (κ1) is 29.6. The summed E-state index contributed by atoms with van der Waals surface area (Å²) in [4.78, 5) is 2.51. The molecule has 1 N–H and O–H groups in total. The monoisotopic (exact) mass is 578 g/mol. The summed E-state index contributed by atoms with van der Waals surface area (Å²) < 4.78 is 6.06. The molecule has 1 unspecified atom stereocenters. The van der Waals surface area contributed by atoms with Gasteiger partial charge in [-0.3, -0.25) is 0 Å². The SMILES string of the molecule is C=C(NSc1ccccc1)C(C)(C)Cc1cccc(C2CCCN(Sc3cccc(-c4ccc(C)c(C)c4)c3)C2)c1. The molecule has 1 aliphatic heterocycles. The molecule has 5 rings (SSSR count). The third-order valence-electron chi connectivity index (χ3n) is 8.21. The molecule has 0 aromatic heterocycles. The molecule has 1 atom stereocenters. The van der Waals surface area contributed by atoms with E-state index in [1.807, 2.05) is 18.0 Å². The third kappa shape index (κ3) is 7.88. The smallest absolute Gasteiger partial charge is 0.0284 e. The van der Waals surface area contributed by atoms with Gasteiger partial charge in [-0.05, 0) is 121 Å². The summed E-state index contributed by atoms with van der Waals surface area (Å²) in [6, 6.07) is 35.5. The van der Waals surface area contributed by atoms with Gasteiger partial charge in [0.1, 0.15) is 0 Å². The van der Waals surface area contributed by atoms with Gasteiger partial charge in [-0.15, -0.1) is 0 Å². The number of allylic oxidation sites excluding steroid dienone is 1. The molecule has 0 bridgehead atoms. The summed E-state index contributed by atoms with van der Waals surface area (Å²) in [5.41, 5.74) is 9.11. The minimum absolute atomic E-state index is 0.0597. The van der Waals surface area contributed by atoms with Crippen LogP contribution in [0, 0.1) is 19.3 Å². The summed E-state index contributed by atoms with van der Waals surface area (Å²) in [6.07, 6.45) is 3.43. The molecule has 1 heterocycles. The number of hydrogen-bond donors (Lipinski definition) is 1. The Morgan fingerprint density at radius 2 is 1.61 bits per heavy atom. The molecule has 0 radical (unpaired) electrons. The molecule has 0 spiro atoms. The highest BCUT2D eigenvalue weighted by Gasteiger charge is 2.25. The van der Waals surface area contributed by atoms with Gasteiger partial charge in [-0.2, -0.15) is 0 Å². The van der Waals surface area contributed by atoms with Crippen LogP contribution in [0.3, 0.4) is 0 Å². The quantitative estimate of drug-likeness (QED) is 0.188. The molecule has 1 aliphatic rings.